The third-order valence-corrected chi connectivity index (χ3v) is 2.86. The number of hydrogen-bond acceptors (Lipinski definition) is 3. The van der Waals surface area contributed by atoms with Gasteiger partial charge in [0.15, 0.2) is 0 Å². The second-order valence-electron chi connectivity index (χ2n) is 3.66. The van der Waals surface area contributed by atoms with Gasteiger partial charge in [-0.25, -0.2) is 0 Å². The Kier molecular flexibility index (Phi) is 2.94. The molecule has 2 amide bonds. The molecule has 1 aliphatic rings. The smallest absolute Gasteiger partial charge is 0.269 e. The fourth-order valence-corrected chi connectivity index (χ4v) is 1.75. The first kappa shape index (κ1) is 12.7. The van der Waals surface area contributed by atoms with Gasteiger partial charge in [0.1, 0.15) is 4.86 Å². The normalized spacial score (nSPS) is 14.9. The van der Waals surface area contributed by atoms with Crippen molar-refractivity contribution in [3.63, 3.8) is 0 Å². The van der Waals surface area contributed by atoms with Crippen molar-refractivity contribution in [2.24, 2.45) is 0 Å². The van der Waals surface area contributed by atoms with Crippen LogP contribution in [0.15, 0.2) is 24.3 Å². The Morgan fingerprint density at radius 2 is 1.56 bits per heavy atom. The van der Waals surface area contributed by atoms with Crippen molar-refractivity contribution in [1.82, 2.24) is 4.90 Å². The highest BCUT2D eigenvalue weighted by Crippen LogP contribution is 2.25. The molecule has 1 heterocycles. The van der Waals surface area contributed by atoms with E-state index in [-0.39, 0.29) is 11.1 Å². The predicted octanol–water partition coefficient (Wildman–Crippen LogP) is 2.21. The first-order valence-electron chi connectivity index (χ1n) is 4.87. The molecule has 3 nitrogen and oxygen atoms in total. The van der Waals surface area contributed by atoms with Gasteiger partial charge in [-0.05, 0) is 12.1 Å². The van der Waals surface area contributed by atoms with Gasteiger partial charge in [-0.1, -0.05) is 24.4 Å². The molecule has 18 heavy (non-hydrogen) atoms. The third kappa shape index (κ3) is 2.01. The fraction of sp³-hybridized carbons (Fsp3) is 0.182. The van der Waals surface area contributed by atoms with E-state index in [0.717, 1.165) is 0 Å². The first-order chi connectivity index (χ1) is 8.32. The van der Waals surface area contributed by atoms with E-state index in [1.807, 2.05) is 0 Å². The summed E-state index contributed by atoms with van der Waals surface area (Å²) in [5.41, 5.74) is 0.208. The van der Waals surface area contributed by atoms with Crippen LogP contribution in [0.4, 0.5) is 13.2 Å². The van der Waals surface area contributed by atoms with Crippen LogP contribution in [0.3, 0.4) is 0 Å². The molecule has 0 fully saturated rings. The van der Waals surface area contributed by atoms with Crippen LogP contribution >= 0.6 is 12.2 Å². The number of imide groups is 1. The van der Waals surface area contributed by atoms with Crippen molar-refractivity contribution in [3.8, 4) is 0 Å². The van der Waals surface area contributed by atoms with Gasteiger partial charge in [-0.2, -0.15) is 13.2 Å². The molecule has 0 atom stereocenters. The maximum absolute atomic E-state index is 12.3. The molecule has 0 unspecified atom stereocenters. The van der Waals surface area contributed by atoms with Gasteiger partial charge in [-0.15, -0.1) is 0 Å². The Bertz CT molecular complexity index is 518. The Labute approximate surface area is 105 Å². The van der Waals surface area contributed by atoms with E-state index in [1.54, 1.807) is 0 Å². The summed E-state index contributed by atoms with van der Waals surface area (Å²) in [6.07, 6.45) is -4.69. The van der Waals surface area contributed by atoms with Crippen LogP contribution in [0.1, 0.15) is 20.7 Å². The van der Waals surface area contributed by atoms with Crippen LogP contribution in [-0.2, 0) is 0 Å². The van der Waals surface area contributed by atoms with Crippen molar-refractivity contribution < 1.29 is 22.8 Å². The molecule has 0 aliphatic carbocycles. The lowest BCUT2D eigenvalue weighted by atomic mass is 10.1. The van der Waals surface area contributed by atoms with Gasteiger partial charge in [-0.3, -0.25) is 14.5 Å². The topological polar surface area (TPSA) is 37.4 Å². The largest absolute Gasteiger partial charge is 0.424 e. The van der Waals surface area contributed by atoms with Crippen molar-refractivity contribution in [2.45, 2.75) is 6.18 Å². The number of alkyl halides is 3. The number of rotatable bonds is 2. The van der Waals surface area contributed by atoms with Crippen molar-refractivity contribution in [3.05, 3.63) is 35.4 Å². The summed E-state index contributed by atoms with van der Waals surface area (Å²) in [5.74, 6) is -1.50. The highest BCUT2D eigenvalue weighted by Gasteiger charge is 2.41. The second kappa shape index (κ2) is 4.16. The molecule has 0 saturated heterocycles. The summed E-state index contributed by atoms with van der Waals surface area (Å²) >= 11 is 4.17. The van der Waals surface area contributed by atoms with E-state index in [4.69, 9.17) is 0 Å². The summed E-state index contributed by atoms with van der Waals surface area (Å²) in [4.78, 5) is 22.7. The van der Waals surface area contributed by atoms with Crippen molar-refractivity contribution in [1.29, 1.82) is 0 Å². The standard InChI is InChI=1S/C11H6F3NO2S/c12-11(13,14)8(18)5-15-9(16)6-3-1-2-4-7(6)10(15)17/h1-4H,5H2. The molecule has 0 radical (unpaired) electrons. The van der Waals surface area contributed by atoms with Gasteiger partial charge in [0.25, 0.3) is 11.8 Å². The van der Waals surface area contributed by atoms with Crippen molar-refractivity contribution >= 4 is 28.9 Å². The molecule has 0 N–H and O–H groups in total. The minimum absolute atomic E-state index is 0.104. The van der Waals surface area contributed by atoms with E-state index in [9.17, 15) is 22.8 Å². The maximum Gasteiger partial charge on any atom is 0.424 e. The molecule has 2 rings (SSSR count). The van der Waals surface area contributed by atoms with E-state index in [2.05, 4.69) is 12.2 Å². The fourth-order valence-electron chi connectivity index (χ4n) is 1.62. The SMILES string of the molecule is O=C1c2ccccc2C(=O)N1CC(=S)C(F)(F)F. The molecular formula is C11H6F3NO2S. The number of carbonyl (C=O) groups excluding carboxylic acids is 2. The van der Waals surface area contributed by atoms with Crippen LogP contribution in [-0.4, -0.2) is 34.3 Å². The molecule has 0 bridgehead atoms. The summed E-state index contributed by atoms with van der Waals surface area (Å²) in [5, 5.41) is 0. The maximum atomic E-state index is 12.3. The quantitative estimate of drug-likeness (QED) is 0.612. The number of halogens is 3. The number of nitrogens with zero attached hydrogens (tertiary/aromatic N) is 1. The Hall–Kier alpha value is -1.76. The van der Waals surface area contributed by atoms with E-state index in [0.29, 0.717) is 4.90 Å². The number of benzene rings is 1. The third-order valence-electron chi connectivity index (χ3n) is 2.50. The minimum Gasteiger partial charge on any atom is -0.269 e. The highest BCUT2D eigenvalue weighted by molar-refractivity contribution is 7.80. The average Bonchev–Trinajstić information content (AvgIpc) is 2.54. The van der Waals surface area contributed by atoms with Crippen LogP contribution in [0.25, 0.3) is 0 Å². The van der Waals surface area contributed by atoms with Gasteiger partial charge in [0, 0.05) is 0 Å². The number of thiocarbonyl (C=S) groups is 1. The average molecular weight is 273 g/mol. The zero-order valence-electron chi connectivity index (χ0n) is 8.82. The lowest BCUT2D eigenvalue weighted by Crippen LogP contribution is -2.39. The molecule has 94 valence electrons. The molecule has 7 heteroatoms. The molecule has 0 saturated carbocycles. The van der Waals surface area contributed by atoms with Crippen molar-refractivity contribution in [2.75, 3.05) is 6.54 Å². The molecule has 0 aromatic heterocycles. The Morgan fingerprint density at radius 3 is 1.94 bits per heavy atom. The van der Waals surface area contributed by atoms with Gasteiger partial charge in [0.2, 0.25) is 0 Å². The molecule has 1 aromatic carbocycles. The summed E-state index contributed by atoms with van der Waals surface area (Å²) < 4.78 is 36.9. The van der Waals surface area contributed by atoms with E-state index < -0.39 is 29.4 Å². The van der Waals surface area contributed by atoms with E-state index >= 15 is 0 Å². The lowest BCUT2D eigenvalue weighted by Gasteiger charge is -2.15. The van der Waals surface area contributed by atoms with Crippen LogP contribution < -0.4 is 0 Å². The van der Waals surface area contributed by atoms with Gasteiger partial charge >= 0.3 is 6.18 Å². The molecular weight excluding hydrogens is 267 g/mol. The van der Waals surface area contributed by atoms with Gasteiger partial charge < -0.3 is 0 Å². The van der Waals surface area contributed by atoms with E-state index in [1.165, 1.54) is 24.3 Å². The first-order valence-corrected chi connectivity index (χ1v) is 5.28. The molecule has 1 aromatic rings. The Morgan fingerprint density at radius 1 is 1.11 bits per heavy atom. The molecule has 1 aliphatic heterocycles. The monoisotopic (exact) mass is 273 g/mol. The van der Waals surface area contributed by atoms with Gasteiger partial charge in [0.05, 0.1) is 17.7 Å². The van der Waals surface area contributed by atoms with Crippen LogP contribution in [0.2, 0.25) is 0 Å². The Balaban J connectivity index is 2.27. The summed E-state index contributed by atoms with van der Waals surface area (Å²) in [6.45, 7) is -0.912. The summed E-state index contributed by atoms with van der Waals surface area (Å²) in [7, 11) is 0. The minimum atomic E-state index is -4.69. The zero-order chi connectivity index (χ0) is 13.5. The lowest BCUT2D eigenvalue weighted by molar-refractivity contribution is -0.0581. The number of hydrogen-bond donors (Lipinski definition) is 0. The number of carbonyl (C=O) groups is 2. The summed E-state index contributed by atoms with van der Waals surface area (Å²) in [6, 6.07) is 5.86. The van der Waals surface area contributed by atoms with Crippen LogP contribution in [0.5, 0.6) is 0 Å². The van der Waals surface area contributed by atoms with Crippen LogP contribution in [0, 0.1) is 0 Å². The second-order valence-corrected chi connectivity index (χ2v) is 4.16. The number of fused-ring (bicyclic) bond motifs is 1. The highest BCUT2D eigenvalue weighted by atomic mass is 32.1. The predicted molar refractivity (Wildman–Crippen MR) is 60.5 cm³/mol. The number of amides is 2. The molecule has 0 spiro atoms. The zero-order valence-corrected chi connectivity index (χ0v) is 9.64.